The largest absolute Gasteiger partial charge is 0.494 e. The molecule has 0 atom stereocenters. The van der Waals surface area contributed by atoms with E-state index < -0.39 is 0 Å². The number of fused-ring (bicyclic) bond motifs is 1. The van der Waals surface area contributed by atoms with Crippen LogP contribution in [0.15, 0.2) is 72.8 Å². The Morgan fingerprint density at radius 3 is 2.06 bits per heavy atom. The zero-order valence-corrected chi connectivity index (χ0v) is 18.4. The van der Waals surface area contributed by atoms with Crippen LogP contribution in [0, 0.1) is 5.41 Å². The van der Waals surface area contributed by atoms with Crippen molar-refractivity contribution < 1.29 is 9.47 Å². The lowest BCUT2D eigenvalue weighted by molar-refractivity contribution is 0.292. The number of imidazole rings is 1. The quantitative estimate of drug-likeness (QED) is 0.325. The Morgan fingerprint density at radius 2 is 1.35 bits per heavy atom. The summed E-state index contributed by atoms with van der Waals surface area (Å²) in [6.45, 7) is 2.27. The van der Waals surface area contributed by atoms with Gasteiger partial charge in [0, 0.05) is 16.6 Å². The number of benzene rings is 3. The molecule has 0 aliphatic heterocycles. The summed E-state index contributed by atoms with van der Waals surface area (Å²) in [7, 11) is 0. The Balaban J connectivity index is 1.42. The molecule has 4 rings (SSSR count). The molecule has 0 saturated heterocycles. The maximum atomic E-state index is 8.71. The molecular formula is C24H23Cl2N3O2. The van der Waals surface area contributed by atoms with E-state index in [1.165, 1.54) is 0 Å². The molecule has 0 aliphatic rings. The third kappa shape index (κ3) is 5.24. The monoisotopic (exact) mass is 455 g/mol. The summed E-state index contributed by atoms with van der Waals surface area (Å²) >= 11 is 11.9. The van der Waals surface area contributed by atoms with Crippen molar-refractivity contribution in [2.24, 2.45) is 0 Å². The predicted octanol–water partition coefficient (Wildman–Crippen LogP) is 5.78. The van der Waals surface area contributed by atoms with E-state index in [0.29, 0.717) is 42.0 Å². The van der Waals surface area contributed by atoms with Crippen molar-refractivity contribution in [3.05, 3.63) is 88.5 Å². The summed E-state index contributed by atoms with van der Waals surface area (Å²) < 4.78 is 15.6. The molecule has 0 amide bonds. The fraction of sp³-hybridized carbons (Fsp3) is 0.208. The molecule has 1 heterocycles. The number of hydrogen-bond donors (Lipinski definition) is 1. The third-order valence-corrected chi connectivity index (χ3v) is 5.45. The fourth-order valence-electron chi connectivity index (χ4n) is 3.50. The molecule has 160 valence electrons. The van der Waals surface area contributed by atoms with Gasteiger partial charge in [0.1, 0.15) is 18.1 Å². The molecule has 5 nitrogen and oxygen atoms in total. The number of nitrogens with one attached hydrogen (secondary N) is 1. The van der Waals surface area contributed by atoms with Crippen molar-refractivity contribution in [2.45, 2.75) is 19.5 Å². The van der Waals surface area contributed by atoms with Crippen molar-refractivity contribution in [1.82, 2.24) is 9.13 Å². The number of rotatable bonds is 9. The highest BCUT2D eigenvalue weighted by Crippen LogP contribution is 2.18. The molecule has 7 heteroatoms. The molecular weight excluding hydrogens is 433 g/mol. The molecule has 1 N–H and O–H groups in total. The zero-order valence-electron chi connectivity index (χ0n) is 16.9. The van der Waals surface area contributed by atoms with Gasteiger partial charge in [0.05, 0.1) is 24.2 Å². The highest BCUT2D eigenvalue weighted by atomic mass is 35.5. The van der Waals surface area contributed by atoms with Crippen molar-refractivity contribution in [2.75, 3.05) is 13.2 Å². The first-order valence-corrected chi connectivity index (χ1v) is 10.9. The number of halogens is 2. The zero-order chi connectivity index (χ0) is 21.6. The number of para-hydroxylation sites is 2. The van der Waals surface area contributed by atoms with Crippen LogP contribution in [-0.2, 0) is 13.1 Å². The van der Waals surface area contributed by atoms with E-state index in [1.807, 2.05) is 75.9 Å². The number of hydrogen-bond acceptors (Lipinski definition) is 3. The minimum atomic E-state index is 0.447. The van der Waals surface area contributed by atoms with Crippen LogP contribution in [0.5, 0.6) is 11.5 Å². The summed E-state index contributed by atoms with van der Waals surface area (Å²) in [5.41, 5.74) is 2.49. The van der Waals surface area contributed by atoms with Gasteiger partial charge in [-0.3, -0.25) is 5.41 Å². The molecule has 0 radical (unpaired) electrons. The minimum Gasteiger partial charge on any atom is -0.494 e. The standard InChI is InChI=1S/C24H23Cl2N3O2/c25-18-9-11-20(12-10-18)30-15-4-13-28-22-7-1-2-8-23(22)29(24(28)27)14-16-31-21-6-3-5-19(26)17-21/h1-3,5-12,17,27H,4,13-16H2. The molecule has 0 saturated carbocycles. The average molecular weight is 456 g/mol. The Morgan fingerprint density at radius 1 is 0.677 bits per heavy atom. The summed E-state index contributed by atoms with van der Waals surface area (Å²) in [5.74, 6) is 1.52. The van der Waals surface area contributed by atoms with Gasteiger partial charge in [-0.25, -0.2) is 0 Å². The second-order valence-electron chi connectivity index (χ2n) is 7.08. The molecule has 0 fully saturated rings. The fourth-order valence-corrected chi connectivity index (χ4v) is 3.81. The number of ether oxygens (including phenoxy) is 2. The first-order chi connectivity index (χ1) is 15.1. The number of aryl methyl sites for hydroxylation is 1. The molecule has 0 aliphatic carbocycles. The Kier molecular flexibility index (Phi) is 6.85. The molecule has 0 spiro atoms. The summed E-state index contributed by atoms with van der Waals surface area (Å²) in [4.78, 5) is 0. The Bertz CT molecular complexity index is 1220. The summed E-state index contributed by atoms with van der Waals surface area (Å²) in [6, 6.07) is 22.7. The van der Waals surface area contributed by atoms with Gasteiger partial charge in [0.15, 0.2) is 0 Å². The number of aromatic nitrogens is 2. The van der Waals surface area contributed by atoms with Crippen LogP contribution in [0.2, 0.25) is 10.0 Å². The van der Waals surface area contributed by atoms with Crippen LogP contribution in [0.25, 0.3) is 11.0 Å². The van der Waals surface area contributed by atoms with E-state index >= 15 is 0 Å². The van der Waals surface area contributed by atoms with Crippen LogP contribution in [0.4, 0.5) is 0 Å². The van der Waals surface area contributed by atoms with Gasteiger partial charge in [-0.1, -0.05) is 41.4 Å². The maximum absolute atomic E-state index is 8.71. The van der Waals surface area contributed by atoms with Crippen molar-refractivity contribution in [3.8, 4) is 11.5 Å². The third-order valence-electron chi connectivity index (χ3n) is 4.96. The van der Waals surface area contributed by atoms with Gasteiger partial charge in [-0.05, 0) is 61.0 Å². The van der Waals surface area contributed by atoms with E-state index in [-0.39, 0.29) is 0 Å². The Labute approximate surface area is 190 Å². The smallest absolute Gasteiger partial charge is 0.203 e. The summed E-state index contributed by atoms with van der Waals surface area (Å²) in [5, 5.41) is 10.0. The van der Waals surface area contributed by atoms with Gasteiger partial charge >= 0.3 is 0 Å². The van der Waals surface area contributed by atoms with E-state index in [2.05, 4.69) is 0 Å². The first kappa shape index (κ1) is 21.3. The lowest BCUT2D eigenvalue weighted by atomic mass is 10.3. The van der Waals surface area contributed by atoms with Crippen LogP contribution in [0.1, 0.15) is 6.42 Å². The van der Waals surface area contributed by atoms with Crippen molar-refractivity contribution in [3.63, 3.8) is 0 Å². The van der Waals surface area contributed by atoms with Gasteiger partial charge < -0.3 is 18.6 Å². The van der Waals surface area contributed by atoms with Gasteiger partial charge in [-0.2, -0.15) is 0 Å². The second kappa shape index (κ2) is 9.94. The van der Waals surface area contributed by atoms with Gasteiger partial charge in [0.2, 0.25) is 5.62 Å². The molecule has 0 bridgehead atoms. The SMILES string of the molecule is N=c1n(CCCOc2ccc(Cl)cc2)c2ccccc2n1CCOc1cccc(Cl)c1. The molecule has 1 aromatic heterocycles. The molecule has 31 heavy (non-hydrogen) atoms. The van der Waals surface area contributed by atoms with Crippen LogP contribution in [0.3, 0.4) is 0 Å². The number of nitrogens with zero attached hydrogens (tertiary/aromatic N) is 2. The maximum Gasteiger partial charge on any atom is 0.203 e. The highest BCUT2D eigenvalue weighted by Gasteiger charge is 2.10. The lowest BCUT2D eigenvalue weighted by Crippen LogP contribution is -2.27. The Hall–Kier alpha value is -2.89. The molecule has 0 unspecified atom stereocenters. The van der Waals surface area contributed by atoms with E-state index in [0.717, 1.165) is 29.0 Å². The van der Waals surface area contributed by atoms with Gasteiger partial charge in [0.25, 0.3) is 0 Å². The normalized spacial score (nSPS) is 11.0. The molecule has 3 aromatic carbocycles. The van der Waals surface area contributed by atoms with Gasteiger partial charge in [-0.15, -0.1) is 0 Å². The van der Waals surface area contributed by atoms with Crippen LogP contribution in [-0.4, -0.2) is 22.3 Å². The molecule has 4 aromatic rings. The van der Waals surface area contributed by atoms with E-state index in [1.54, 1.807) is 6.07 Å². The minimum absolute atomic E-state index is 0.447. The van der Waals surface area contributed by atoms with Crippen LogP contribution >= 0.6 is 23.2 Å². The predicted molar refractivity (Wildman–Crippen MR) is 124 cm³/mol. The highest BCUT2D eigenvalue weighted by molar-refractivity contribution is 6.30. The first-order valence-electron chi connectivity index (χ1n) is 10.1. The topological polar surface area (TPSA) is 52.2 Å². The van der Waals surface area contributed by atoms with E-state index in [9.17, 15) is 0 Å². The second-order valence-corrected chi connectivity index (χ2v) is 7.95. The van der Waals surface area contributed by atoms with Crippen molar-refractivity contribution in [1.29, 1.82) is 5.41 Å². The van der Waals surface area contributed by atoms with Crippen LogP contribution < -0.4 is 15.1 Å². The average Bonchev–Trinajstić information content (AvgIpc) is 3.04. The summed E-state index contributed by atoms with van der Waals surface area (Å²) in [6.07, 6.45) is 0.784. The lowest BCUT2D eigenvalue weighted by Gasteiger charge is -2.09. The van der Waals surface area contributed by atoms with E-state index in [4.69, 9.17) is 38.1 Å². The van der Waals surface area contributed by atoms with Crippen molar-refractivity contribution >= 4 is 34.2 Å².